The lowest BCUT2D eigenvalue weighted by atomic mass is 10.1. The topological polar surface area (TPSA) is 86.8 Å². The second-order valence-electron chi connectivity index (χ2n) is 9.66. The minimum atomic E-state index is -4.10. The molecule has 0 aliphatic heterocycles. The summed E-state index contributed by atoms with van der Waals surface area (Å²) in [6.07, 6.45) is 0. The van der Waals surface area contributed by atoms with Crippen LogP contribution >= 0.6 is 11.6 Å². The minimum absolute atomic E-state index is 0.0685. The van der Waals surface area contributed by atoms with Crippen molar-refractivity contribution in [3.05, 3.63) is 94.5 Å². The lowest BCUT2D eigenvalue weighted by molar-refractivity contribution is -0.139. The Hall–Kier alpha value is -3.36. The summed E-state index contributed by atoms with van der Waals surface area (Å²) in [6.45, 7) is 8.64. The van der Waals surface area contributed by atoms with Gasteiger partial charge in [0.2, 0.25) is 11.8 Å². The van der Waals surface area contributed by atoms with Gasteiger partial charge >= 0.3 is 0 Å². The van der Waals surface area contributed by atoms with Crippen LogP contribution in [0.4, 0.5) is 5.69 Å². The monoisotopic (exact) mass is 555 g/mol. The van der Waals surface area contributed by atoms with Crippen molar-refractivity contribution >= 4 is 39.1 Å². The zero-order valence-corrected chi connectivity index (χ0v) is 23.9. The fourth-order valence-corrected chi connectivity index (χ4v) is 5.79. The van der Waals surface area contributed by atoms with Crippen molar-refractivity contribution in [3.8, 4) is 0 Å². The molecule has 0 spiro atoms. The Kier molecular flexibility index (Phi) is 9.57. The molecule has 0 fully saturated rings. The second kappa shape index (κ2) is 12.5. The first kappa shape index (κ1) is 29.2. The fraction of sp³-hybridized carbons (Fsp3) is 0.310. The quantitative estimate of drug-likeness (QED) is 0.377. The maximum Gasteiger partial charge on any atom is 0.264 e. The van der Waals surface area contributed by atoms with Crippen molar-refractivity contribution in [2.24, 2.45) is 0 Å². The van der Waals surface area contributed by atoms with Crippen molar-refractivity contribution in [1.82, 2.24) is 10.2 Å². The summed E-state index contributed by atoms with van der Waals surface area (Å²) >= 11 is 6.17. The van der Waals surface area contributed by atoms with Crippen molar-refractivity contribution in [2.45, 2.75) is 58.1 Å². The number of aryl methyl sites for hydroxylation is 2. The Morgan fingerprint density at radius 3 is 2.11 bits per heavy atom. The fourth-order valence-electron chi connectivity index (χ4n) is 4.16. The lowest BCUT2D eigenvalue weighted by Gasteiger charge is -2.32. The van der Waals surface area contributed by atoms with E-state index in [9.17, 15) is 18.0 Å². The Balaban J connectivity index is 2.06. The number of hydrogen-bond donors (Lipinski definition) is 1. The molecule has 0 aliphatic carbocycles. The third-order valence-corrected chi connectivity index (χ3v) is 7.97. The van der Waals surface area contributed by atoms with Crippen LogP contribution in [-0.2, 0) is 26.2 Å². The molecule has 0 bridgehead atoms. The van der Waals surface area contributed by atoms with E-state index < -0.39 is 28.5 Å². The van der Waals surface area contributed by atoms with Gasteiger partial charge in [0.15, 0.2) is 0 Å². The van der Waals surface area contributed by atoms with E-state index in [0.29, 0.717) is 10.7 Å². The van der Waals surface area contributed by atoms with Crippen molar-refractivity contribution in [2.75, 3.05) is 10.8 Å². The van der Waals surface area contributed by atoms with E-state index >= 15 is 0 Å². The molecular weight excluding hydrogens is 522 g/mol. The molecule has 0 saturated carbocycles. The van der Waals surface area contributed by atoms with E-state index in [4.69, 9.17) is 11.6 Å². The molecule has 7 nitrogen and oxygen atoms in total. The Morgan fingerprint density at radius 2 is 1.53 bits per heavy atom. The van der Waals surface area contributed by atoms with Gasteiger partial charge < -0.3 is 10.2 Å². The number of nitrogens with zero attached hydrogens (tertiary/aromatic N) is 2. The highest BCUT2D eigenvalue weighted by atomic mass is 35.5. The van der Waals surface area contributed by atoms with Crippen LogP contribution in [0, 0.1) is 13.8 Å². The second-order valence-corrected chi connectivity index (χ2v) is 12.0. The van der Waals surface area contributed by atoms with Gasteiger partial charge in [0.25, 0.3) is 10.0 Å². The summed E-state index contributed by atoms with van der Waals surface area (Å²) in [5.41, 5.74) is 2.82. The summed E-state index contributed by atoms with van der Waals surface area (Å²) in [6, 6.07) is 19.4. The molecule has 0 aliphatic rings. The van der Waals surface area contributed by atoms with E-state index in [2.05, 4.69) is 5.32 Å². The standard InChI is InChI=1S/C29H34ClN3O4S/c1-20(2)31-29(35)23(5)32(18-24-10-9-11-25(30)17-24)28(34)19-33(26-15-21(3)14-22(4)16-26)38(36,37)27-12-7-6-8-13-27/h6-17,20,23H,18-19H2,1-5H3,(H,31,35)/t23-/m0/s1. The summed E-state index contributed by atoms with van der Waals surface area (Å²) in [4.78, 5) is 28.3. The number of benzene rings is 3. The summed E-state index contributed by atoms with van der Waals surface area (Å²) in [5, 5.41) is 3.34. The highest BCUT2D eigenvalue weighted by molar-refractivity contribution is 7.92. The summed E-state index contributed by atoms with van der Waals surface area (Å²) in [5.74, 6) is -0.853. The summed E-state index contributed by atoms with van der Waals surface area (Å²) in [7, 11) is -4.10. The largest absolute Gasteiger partial charge is 0.352 e. The molecule has 3 aromatic carbocycles. The molecule has 38 heavy (non-hydrogen) atoms. The molecule has 3 aromatic rings. The molecule has 0 heterocycles. The molecule has 9 heteroatoms. The van der Waals surface area contributed by atoms with Crippen LogP contribution in [0.5, 0.6) is 0 Å². The zero-order valence-electron chi connectivity index (χ0n) is 22.3. The SMILES string of the molecule is Cc1cc(C)cc(N(CC(=O)N(Cc2cccc(Cl)c2)[C@@H](C)C(=O)NC(C)C)S(=O)(=O)c2ccccc2)c1. The molecule has 0 aromatic heterocycles. The average Bonchev–Trinajstić information content (AvgIpc) is 2.84. The predicted molar refractivity (Wildman–Crippen MR) is 152 cm³/mol. The van der Waals surface area contributed by atoms with Crippen LogP contribution in [0.1, 0.15) is 37.5 Å². The zero-order chi connectivity index (χ0) is 28.0. The molecule has 0 saturated heterocycles. The van der Waals surface area contributed by atoms with Gasteiger partial charge in [-0.25, -0.2) is 8.42 Å². The van der Waals surface area contributed by atoms with Crippen LogP contribution in [0.15, 0.2) is 77.7 Å². The van der Waals surface area contributed by atoms with Gasteiger partial charge in [-0.15, -0.1) is 0 Å². The Labute approximate surface area is 230 Å². The smallest absolute Gasteiger partial charge is 0.264 e. The number of anilines is 1. The number of nitrogens with one attached hydrogen (secondary N) is 1. The highest BCUT2D eigenvalue weighted by Gasteiger charge is 2.32. The molecule has 2 amide bonds. The van der Waals surface area contributed by atoms with E-state index in [0.717, 1.165) is 21.0 Å². The summed E-state index contributed by atoms with van der Waals surface area (Å²) < 4.78 is 28.8. The number of rotatable bonds is 10. The first-order valence-electron chi connectivity index (χ1n) is 12.4. The van der Waals surface area contributed by atoms with E-state index in [1.54, 1.807) is 55.5 Å². The van der Waals surface area contributed by atoms with Gasteiger partial charge in [-0.3, -0.25) is 13.9 Å². The minimum Gasteiger partial charge on any atom is -0.352 e. The van der Waals surface area contributed by atoms with Crippen LogP contribution in [0.2, 0.25) is 5.02 Å². The number of sulfonamides is 1. The molecule has 3 rings (SSSR count). The number of hydrogen-bond acceptors (Lipinski definition) is 4. The molecule has 202 valence electrons. The predicted octanol–water partition coefficient (Wildman–Crippen LogP) is 5.09. The molecule has 1 atom stereocenters. The van der Waals surface area contributed by atoms with Crippen LogP contribution < -0.4 is 9.62 Å². The van der Waals surface area contributed by atoms with Crippen molar-refractivity contribution in [3.63, 3.8) is 0 Å². The van der Waals surface area contributed by atoms with Gasteiger partial charge in [0.05, 0.1) is 10.6 Å². The van der Waals surface area contributed by atoms with Crippen molar-refractivity contribution in [1.29, 1.82) is 0 Å². The van der Waals surface area contributed by atoms with Gasteiger partial charge in [-0.2, -0.15) is 0 Å². The van der Waals surface area contributed by atoms with E-state index in [1.807, 2.05) is 39.8 Å². The van der Waals surface area contributed by atoms with Crippen molar-refractivity contribution < 1.29 is 18.0 Å². The molecular formula is C29H34ClN3O4S. The van der Waals surface area contributed by atoms with Crippen LogP contribution in [0.25, 0.3) is 0 Å². The van der Waals surface area contributed by atoms with E-state index in [-0.39, 0.29) is 23.4 Å². The molecule has 0 unspecified atom stereocenters. The number of carbonyl (C=O) groups is 2. The lowest BCUT2D eigenvalue weighted by Crippen LogP contribution is -2.52. The third kappa shape index (κ3) is 7.36. The highest BCUT2D eigenvalue weighted by Crippen LogP contribution is 2.26. The van der Waals surface area contributed by atoms with Crippen LogP contribution in [-0.4, -0.2) is 43.8 Å². The number of carbonyl (C=O) groups excluding carboxylic acids is 2. The van der Waals surface area contributed by atoms with Gasteiger partial charge in [-0.05, 0) is 87.7 Å². The number of halogens is 1. The normalized spacial score (nSPS) is 12.2. The maximum atomic E-state index is 13.9. The van der Waals surface area contributed by atoms with Gasteiger partial charge in [0.1, 0.15) is 12.6 Å². The number of amides is 2. The average molecular weight is 556 g/mol. The molecule has 1 N–H and O–H groups in total. The molecule has 0 radical (unpaired) electrons. The van der Waals surface area contributed by atoms with Gasteiger partial charge in [0, 0.05) is 17.6 Å². The Bertz CT molecular complexity index is 1370. The Morgan fingerprint density at radius 1 is 0.895 bits per heavy atom. The first-order valence-corrected chi connectivity index (χ1v) is 14.2. The van der Waals surface area contributed by atoms with E-state index in [1.165, 1.54) is 17.0 Å². The van der Waals surface area contributed by atoms with Gasteiger partial charge in [-0.1, -0.05) is 48.0 Å². The first-order chi connectivity index (χ1) is 17.9. The van der Waals surface area contributed by atoms with Crippen LogP contribution in [0.3, 0.4) is 0 Å². The third-order valence-electron chi connectivity index (χ3n) is 5.94. The maximum absolute atomic E-state index is 13.9.